The van der Waals surface area contributed by atoms with Gasteiger partial charge < -0.3 is 20.4 Å². The monoisotopic (exact) mass is 243 g/mol. The van der Waals surface area contributed by atoms with E-state index in [-0.39, 0.29) is 10.5 Å². The molecule has 1 aromatic rings. The minimum Gasteiger partial charge on any atom is -0.371 e. The summed E-state index contributed by atoms with van der Waals surface area (Å²) in [4.78, 5) is 13.6. The van der Waals surface area contributed by atoms with E-state index in [0.29, 0.717) is 13.2 Å². The molecule has 6 heteroatoms. The molecule has 1 aliphatic rings. The Bertz CT molecular complexity index is 383. The van der Waals surface area contributed by atoms with E-state index in [9.17, 15) is 4.79 Å². The number of thiazole rings is 1. The van der Waals surface area contributed by atoms with Crippen molar-refractivity contribution < 1.29 is 4.74 Å². The van der Waals surface area contributed by atoms with Gasteiger partial charge in [0.25, 0.3) is 0 Å². The molecule has 1 aliphatic heterocycles. The predicted molar refractivity (Wildman–Crippen MR) is 63.9 cm³/mol. The maximum absolute atomic E-state index is 10.9. The number of hydrogen-bond donors (Lipinski definition) is 3. The third kappa shape index (κ3) is 3.15. The molecule has 2 rings (SSSR count). The first-order valence-electron chi connectivity index (χ1n) is 5.40. The summed E-state index contributed by atoms with van der Waals surface area (Å²) >= 11 is 1.19. The van der Waals surface area contributed by atoms with Crippen molar-refractivity contribution in [1.82, 2.24) is 15.6 Å². The number of hydrogen-bond acceptors (Lipinski definition) is 5. The molecule has 0 aromatic carbocycles. The van der Waals surface area contributed by atoms with Crippen LogP contribution < -0.4 is 15.5 Å². The summed E-state index contributed by atoms with van der Waals surface area (Å²) in [6.07, 6.45) is 0. The Kier molecular flexibility index (Phi) is 3.75. The van der Waals surface area contributed by atoms with Crippen LogP contribution in [0.4, 0.5) is 0 Å². The van der Waals surface area contributed by atoms with E-state index in [4.69, 9.17) is 4.74 Å². The first kappa shape index (κ1) is 11.8. The Hall–Kier alpha value is -0.690. The van der Waals surface area contributed by atoms with Crippen molar-refractivity contribution in [3.8, 4) is 0 Å². The van der Waals surface area contributed by atoms with E-state index in [1.54, 1.807) is 0 Å². The van der Waals surface area contributed by atoms with Gasteiger partial charge in [0.2, 0.25) is 0 Å². The molecule has 0 bridgehead atoms. The van der Waals surface area contributed by atoms with Crippen molar-refractivity contribution >= 4 is 11.3 Å². The SMILES string of the molecule is CC1(OCCNCc2csc(=O)[nH]2)CNC1. The summed E-state index contributed by atoms with van der Waals surface area (Å²) < 4.78 is 5.71. The highest BCUT2D eigenvalue weighted by Crippen LogP contribution is 2.14. The summed E-state index contributed by atoms with van der Waals surface area (Å²) in [6, 6.07) is 0. The molecular weight excluding hydrogens is 226 g/mol. The molecule has 0 spiro atoms. The minimum absolute atomic E-state index is 0.00102. The second-order valence-electron chi connectivity index (χ2n) is 4.25. The van der Waals surface area contributed by atoms with Gasteiger partial charge in [-0.05, 0) is 6.92 Å². The van der Waals surface area contributed by atoms with E-state index in [1.807, 2.05) is 5.38 Å². The van der Waals surface area contributed by atoms with Gasteiger partial charge in [-0.15, -0.1) is 0 Å². The van der Waals surface area contributed by atoms with Crippen molar-refractivity contribution in [2.24, 2.45) is 0 Å². The number of ether oxygens (including phenoxy) is 1. The largest absolute Gasteiger partial charge is 0.371 e. The molecule has 2 heterocycles. The molecule has 1 fully saturated rings. The molecule has 0 aliphatic carbocycles. The second-order valence-corrected chi connectivity index (χ2v) is 5.09. The number of rotatable bonds is 6. The molecule has 5 nitrogen and oxygen atoms in total. The Morgan fingerprint density at radius 1 is 1.62 bits per heavy atom. The highest BCUT2D eigenvalue weighted by molar-refractivity contribution is 7.07. The predicted octanol–water partition coefficient (Wildman–Crippen LogP) is -0.0955. The highest BCUT2D eigenvalue weighted by Gasteiger charge is 2.31. The number of aromatic amines is 1. The van der Waals surface area contributed by atoms with Crippen LogP contribution in [0.3, 0.4) is 0 Å². The third-order valence-electron chi connectivity index (χ3n) is 2.61. The Morgan fingerprint density at radius 3 is 3.00 bits per heavy atom. The second kappa shape index (κ2) is 5.09. The van der Waals surface area contributed by atoms with E-state index in [1.165, 1.54) is 11.3 Å². The number of aromatic nitrogens is 1. The lowest BCUT2D eigenvalue weighted by atomic mass is 10.0. The molecule has 1 aromatic heterocycles. The van der Waals surface area contributed by atoms with Gasteiger partial charge >= 0.3 is 4.87 Å². The van der Waals surface area contributed by atoms with E-state index >= 15 is 0 Å². The molecule has 0 unspecified atom stereocenters. The van der Waals surface area contributed by atoms with Gasteiger partial charge in [-0.3, -0.25) is 4.79 Å². The van der Waals surface area contributed by atoms with Gasteiger partial charge in [-0.1, -0.05) is 11.3 Å². The first-order chi connectivity index (χ1) is 7.68. The van der Waals surface area contributed by atoms with Gasteiger partial charge in [0, 0.05) is 37.3 Å². The zero-order chi connectivity index (χ0) is 11.4. The van der Waals surface area contributed by atoms with Crippen LogP contribution in [0.25, 0.3) is 0 Å². The Balaban J connectivity index is 1.57. The molecule has 0 radical (unpaired) electrons. The Morgan fingerprint density at radius 2 is 2.44 bits per heavy atom. The van der Waals surface area contributed by atoms with Crippen molar-refractivity contribution in [3.63, 3.8) is 0 Å². The quantitative estimate of drug-likeness (QED) is 0.611. The molecular formula is C10H17N3O2S. The first-order valence-corrected chi connectivity index (χ1v) is 6.28. The van der Waals surface area contributed by atoms with E-state index < -0.39 is 0 Å². The number of H-pyrrole nitrogens is 1. The van der Waals surface area contributed by atoms with Crippen LogP contribution in [0.2, 0.25) is 0 Å². The molecule has 90 valence electrons. The van der Waals surface area contributed by atoms with Crippen molar-refractivity contribution in [1.29, 1.82) is 0 Å². The summed E-state index contributed by atoms with van der Waals surface area (Å²) in [7, 11) is 0. The van der Waals surface area contributed by atoms with Gasteiger partial charge in [-0.25, -0.2) is 0 Å². The van der Waals surface area contributed by atoms with E-state index in [0.717, 1.165) is 25.3 Å². The third-order valence-corrected chi connectivity index (χ3v) is 3.33. The summed E-state index contributed by atoms with van der Waals surface area (Å²) in [5.41, 5.74) is 0.963. The van der Waals surface area contributed by atoms with Gasteiger partial charge in [0.15, 0.2) is 0 Å². The molecule has 16 heavy (non-hydrogen) atoms. The van der Waals surface area contributed by atoms with Crippen LogP contribution in [0.15, 0.2) is 10.2 Å². The van der Waals surface area contributed by atoms with Gasteiger partial charge in [0.05, 0.1) is 12.2 Å². The molecule has 0 amide bonds. The fraction of sp³-hybridized carbons (Fsp3) is 0.700. The van der Waals surface area contributed by atoms with Crippen LogP contribution >= 0.6 is 11.3 Å². The maximum Gasteiger partial charge on any atom is 0.304 e. The van der Waals surface area contributed by atoms with Gasteiger partial charge in [-0.2, -0.15) is 0 Å². The zero-order valence-corrected chi connectivity index (χ0v) is 10.2. The van der Waals surface area contributed by atoms with Crippen molar-refractivity contribution in [2.45, 2.75) is 19.1 Å². The van der Waals surface area contributed by atoms with Crippen LogP contribution in [0.1, 0.15) is 12.6 Å². The normalized spacial score (nSPS) is 18.3. The van der Waals surface area contributed by atoms with Crippen LogP contribution in [0, 0.1) is 0 Å². The molecule has 1 saturated heterocycles. The summed E-state index contributed by atoms with van der Waals surface area (Å²) in [6.45, 7) is 6.17. The standard InChI is InChI=1S/C10H17N3O2S/c1-10(6-12-7-10)15-3-2-11-4-8-5-16-9(14)13-8/h5,11-12H,2-4,6-7H2,1H3,(H,13,14). The molecule has 0 atom stereocenters. The lowest BCUT2D eigenvalue weighted by Gasteiger charge is -2.39. The van der Waals surface area contributed by atoms with Crippen LogP contribution in [-0.4, -0.2) is 36.8 Å². The lowest BCUT2D eigenvalue weighted by molar-refractivity contribution is -0.0648. The lowest BCUT2D eigenvalue weighted by Crippen LogP contribution is -2.59. The maximum atomic E-state index is 10.9. The molecule has 3 N–H and O–H groups in total. The average molecular weight is 243 g/mol. The molecule has 0 saturated carbocycles. The fourth-order valence-electron chi connectivity index (χ4n) is 1.57. The average Bonchev–Trinajstić information content (AvgIpc) is 2.61. The van der Waals surface area contributed by atoms with Gasteiger partial charge in [0.1, 0.15) is 0 Å². The Labute approximate surface area is 98.2 Å². The van der Waals surface area contributed by atoms with Crippen molar-refractivity contribution in [3.05, 3.63) is 20.7 Å². The zero-order valence-electron chi connectivity index (χ0n) is 9.34. The van der Waals surface area contributed by atoms with Crippen LogP contribution in [-0.2, 0) is 11.3 Å². The topological polar surface area (TPSA) is 66.1 Å². The van der Waals surface area contributed by atoms with Crippen LogP contribution in [0.5, 0.6) is 0 Å². The van der Waals surface area contributed by atoms with Crippen molar-refractivity contribution in [2.75, 3.05) is 26.2 Å². The van der Waals surface area contributed by atoms with E-state index in [2.05, 4.69) is 22.5 Å². The highest BCUT2D eigenvalue weighted by atomic mass is 32.1. The number of nitrogens with one attached hydrogen (secondary N) is 3. The summed E-state index contributed by atoms with van der Waals surface area (Å²) in [5.74, 6) is 0. The minimum atomic E-state index is 0.00102. The smallest absolute Gasteiger partial charge is 0.304 e. The fourth-order valence-corrected chi connectivity index (χ4v) is 2.15. The summed E-state index contributed by atoms with van der Waals surface area (Å²) in [5, 5.41) is 8.26.